The molecule has 3 rings (SSSR count). The fourth-order valence-electron chi connectivity index (χ4n) is 2.75. The van der Waals surface area contributed by atoms with Crippen LogP contribution in [0.4, 0.5) is 5.69 Å². The maximum Gasteiger partial charge on any atom is 0.234 e. The van der Waals surface area contributed by atoms with Crippen molar-refractivity contribution in [3.8, 4) is 5.75 Å². The van der Waals surface area contributed by atoms with Crippen molar-refractivity contribution in [2.24, 2.45) is 7.05 Å². The van der Waals surface area contributed by atoms with Gasteiger partial charge in [0.1, 0.15) is 5.75 Å². The highest BCUT2D eigenvalue weighted by Gasteiger charge is 2.18. The fourth-order valence-corrected chi connectivity index (χ4v) is 4.03. The summed E-state index contributed by atoms with van der Waals surface area (Å²) in [6.07, 6.45) is -0.260. The summed E-state index contributed by atoms with van der Waals surface area (Å²) in [7, 11) is 1.88. The Morgan fingerprint density at radius 3 is 2.62 bits per heavy atom. The van der Waals surface area contributed by atoms with Gasteiger partial charge in [0, 0.05) is 11.5 Å². The van der Waals surface area contributed by atoms with Crippen molar-refractivity contribution in [1.29, 1.82) is 0 Å². The van der Waals surface area contributed by atoms with Gasteiger partial charge in [0.25, 0.3) is 0 Å². The number of benzene rings is 2. The van der Waals surface area contributed by atoms with Gasteiger partial charge in [0.2, 0.25) is 5.91 Å². The summed E-state index contributed by atoms with van der Waals surface area (Å²) in [5.74, 6) is 1.61. The number of halogens is 1. The van der Waals surface area contributed by atoms with Gasteiger partial charge in [-0.1, -0.05) is 30.0 Å². The Bertz CT molecular complexity index is 1010. The standard InChI is InChI=1S/C21H23BrN4O2S/c1-13-10-17(22)18(11-14(13)2)23-19(27)12-29-21-25-24-20(26(21)4)15(3)28-16-8-6-5-7-9-16/h5-11,15H,12H2,1-4H3,(H,23,27)/t15-/m0/s1. The summed E-state index contributed by atoms with van der Waals surface area (Å²) in [5, 5.41) is 12.1. The summed E-state index contributed by atoms with van der Waals surface area (Å²) in [6.45, 7) is 5.98. The van der Waals surface area contributed by atoms with Crippen LogP contribution in [0.15, 0.2) is 52.1 Å². The minimum atomic E-state index is -0.260. The quantitative estimate of drug-likeness (QED) is 0.484. The highest BCUT2D eigenvalue weighted by molar-refractivity contribution is 9.10. The number of aromatic nitrogens is 3. The molecule has 0 saturated carbocycles. The second-order valence-corrected chi connectivity index (χ2v) is 8.52. The van der Waals surface area contributed by atoms with E-state index in [-0.39, 0.29) is 17.8 Å². The number of anilines is 1. The molecule has 1 atom stereocenters. The van der Waals surface area contributed by atoms with E-state index in [1.165, 1.54) is 17.3 Å². The van der Waals surface area contributed by atoms with E-state index in [2.05, 4.69) is 31.4 Å². The second-order valence-electron chi connectivity index (χ2n) is 6.73. The molecule has 0 radical (unpaired) electrons. The lowest BCUT2D eigenvalue weighted by molar-refractivity contribution is -0.113. The molecule has 0 fully saturated rings. The van der Waals surface area contributed by atoms with Gasteiger partial charge in [0.05, 0.1) is 11.4 Å². The predicted octanol–water partition coefficient (Wildman–Crippen LogP) is 5.07. The van der Waals surface area contributed by atoms with E-state index in [0.717, 1.165) is 21.5 Å². The van der Waals surface area contributed by atoms with Crippen molar-refractivity contribution >= 4 is 39.3 Å². The Hall–Kier alpha value is -2.32. The van der Waals surface area contributed by atoms with E-state index in [1.807, 2.05) is 74.9 Å². The van der Waals surface area contributed by atoms with E-state index in [9.17, 15) is 4.79 Å². The highest BCUT2D eigenvalue weighted by Crippen LogP contribution is 2.27. The summed E-state index contributed by atoms with van der Waals surface area (Å²) < 4.78 is 8.64. The lowest BCUT2D eigenvalue weighted by Crippen LogP contribution is -2.15. The van der Waals surface area contributed by atoms with E-state index in [1.54, 1.807) is 0 Å². The number of carbonyl (C=O) groups excluding carboxylic acids is 1. The van der Waals surface area contributed by atoms with Crippen molar-refractivity contribution in [2.75, 3.05) is 11.1 Å². The van der Waals surface area contributed by atoms with Crippen molar-refractivity contribution in [3.63, 3.8) is 0 Å². The smallest absolute Gasteiger partial charge is 0.234 e. The van der Waals surface area contributed by atoms with E-state index >= 15 is 0 Å². The number of hydrogen-bond donors (Lipinski definition) is 1. The Labute approximate surface area is 183 Å². The number of carbonyl (C=O) groups is 1. The third-order valence-electron chi connectivity index (χ3n) is 4.48. The molecule has 29 heavy (non-hydrogen) atoms. The van der Waals surface area contributed by atoms with Crippen LogP contribution in [-0.4, -0.2) is 26.4 Å². The normalized spacial score (nSPS) is 11.9. The van der Waals surface area contributed by atoms with Crippen molar-refractivity contribution in [3.05, 3.63) is 63.9 Å². The van der Waals surface area contributed by atoms with Crippen LogP contribution in [0.5, 0.6) is 5.75 Å². The van der Waals surface area contributed by atoms with Gasteiger partial charge in [0.15, 0.2) is 17.1 Å². The average Bonchev–Trinajstić information content (AvgIpc) is 3.06. The second kappa shape index (κ2) is 9.45. The van der Waals surface area contributed by atoms with Gasteiger partial charge in [-0.2, -0.15) is 0 Å². The molecule has 0 spiro atoms. The summed E-state index contributed by atoms with van der Waals surface area (Å²) in [5.41, 5.74) is 3.06. The van der Waals surface area contributed by atoms with Crippen molar-refractivity contribution in [2.45, 2.75) is 32.0 Å². The first-order chi connectivity index (χ1) is 13.8. The van der Waals surface area contributed by atoms with Crippen molar-refractivity contribution in [1.82, 2.24) is 14.8 Å². The maximum atomic E-state index is 12.4. The number of amides is 1. The Morgan fingerprint density at radius 2 is 1.90 bits per heavy atom. The first-order valence-corrected chi connectivity index (χ1v) is 10.9. The summed E-state index contributed by atoms with van der Waals surface area (Å²) in [6, 6.07) is 13.6. The molecule has 1 aromatic heterocycles. The van der Waals surface area contributed by atoms with Crippen LogP contribution in [0.2, 0.25) is 0 Å². The zero-order valence-corrected chi connectivity index (χ0v) is 19.2. The Morgan fingerprint density at radius 1 is 1.21 bits per heavy atom. The van der Waals surface area contributed by atoms with Crippen molar-refractivity contribution < 1.29 is 9.53 Å². The molecule has 152 valence electrons. The largest absolute Gasteiger partial charge is 0.483 e. The third-order valence-corrected chi connectivity index (χ3v) is 6.15. The van der Waals surface area contributed by atoms with E-state index in [4.69, 9.17) is 4.74 Å². The molecule has 2 aromatic carbocycles. The molecule has 0 saturated heterocycles. The molecular formula is C21H23BrN4O2S. The van der Waals surface area contributed by atoms with Crippen LogP contribution in [-0.2, 0) is 11.8 Å². The number of thioether (sulfide) groups is 1. The fraction of sp³-hybridized carbons (Fsp3) is 0.286. The molecule has 0 aliphatic carbocycles. The molecule has 1 amide bonds. The molecular weight excluding hydrogens is 452 g/mol. The van der Waals surface area contributed by atoms with Gasteiger partial charge in [-0.15, -0.1) is 10.2 Å². The molecule has 0 aliphatic rings. The van der Waals surface area contributed by atoms with Crippen LogP contribution < -0.4 is 10.1 Å². The predicted molar refractivity (Wildman–Crippen MR) is 119 cm³/mol. The topological polar surface area (TPSA) is 69.0 Å². The van der Waals surface area contributed by atoms with Gasteiger partial charge >= 0.3 is 0 Å². The molecule has 8 heteroatoms. The number of ether oxygens (including phenoxy) is 1. The van der Waals surface area contributed by atoms with Gasteiger partial charge in [-0.25, -0.2) is 0 Å². The van der Waals surface area contributed by atoms with Crippen LogP contribution in [0.3, 0.4) is 0 Å². The number of para-hydroxylation sites is 1. The van der Waals surface area contributed by atoms with Gasteiger partial charge < -0.3 is 14.6 Å². The van der Waals surface area contributed by atoms with Gasteiger partial charge in [-0.3, -0.25) is 4.79 Å². The maximum absolute atomic E-state index is 12.4. The van der Waals surface area contributed by atoms with Crippen LogP contribution >= 0.6 is 27.7 Å². The van der Waals surface area contributed by atoms with Crippen LogP contribution in [0.25, 0.3) is 0 Å². The Balaban J connectivity index is 1.60. The number of hydrogen-bond acceptors (Lipinski definition) is 5. The molecule has 6 nitrogen and oxygen atoms in total. The zero-order valence-electron chi connectivity index (χ0n) is 16.8. The molecule has 0 bridgehead atoms. The van der Waals surface area contributed by atoms with Gasteiger partial charge in [-0.05, 0) is 72.1 Å². The monoisotopic (exact) mass is 474 g/mol. The zero-order chi connectivity index (χ0) is 21.0. The third kappa shape index (κ3) is 5.39. The first-order valence-electron chi connectivity index (χ1n) is 9.15. The van der Waals surface area contributed by atoms with E-state index in [0.29, 0.717) is 11.0 Å². The minimum absolute atomic E-state index is 0.0999. The first kappa shape index (κ1) is 21.4. The molecule has 0 unspecified atom stereocenters. The average molecular weight is 475 g/mol. The molecule has 1 N–H and O–H groups in total. The summed E-state index contributed by atoms with van der Waals surface area (Å²) in [4.78, 5) is 12.4. The molecule has 1 heterocycles. The number of nitrogens with one attached hydrogen (secondary N) is 1. The molecule has 0 aliphatic heterocycles. The lowest BCUT2D eigenvalue weighted by Gasteiger charge is -2.14. The number of nitrogens with zero attached hydrogens (tertiary/aromatic N) is 3. The highest BCUT2D eigenvalue weighted by atomic mass is 79.9. The minimum Gasteiger partial charge on any atom is -0.483 e. The molecule has 3 aromatic rings. The van der Waals surface area contributed by atoms with Crippen LogP contribution in [0, 0.1) is 13.8 Å². The van der Waals surface area contributed by atoms with Crippen LogP contribution in [0.1, 0.15) is 30.0 Å². The Kier molecular flexibility index (Phi) is 6.97. The lowest BCUT2D eigenvalue weighted by atomic mass is 10.1. The number of aryl methyl sites for hydroxylation is 2. The van der Waals surface area contributed by atoms with E-state index < -0.39 is 0 Å². The number of rotatable bonds is 7. The SMILES string of the molecule is Cc1cc(Br)c(NC(=O)CSc2nnc([C@H](C)Oc3ccccc3)n2C)cc1C. The summed E-state index contributed by atoms with van der Waals surface area (Å²) >= 11 is 4.84.